The van der Waals surface area contributed by atoms with Crippen LogP contribution in [0.1, 0.15) is 18.3 Å². The number of imidazole rings is 2. The van der Waals surface area contributed by atoms with Crippen molar-refractivity contribution in [1.29, 1.82) is 0 Å². The smallest absolute Gasteiger partial charge is 0.387 e. The number of nitrogens with two attached hydrogens (primary N) is 1. The number of aliphatic hydroxyl groups is 1. The molecule has 10 unspecified atom stereocenters. The molecule has 8 heterocycles. The molecule has 246 valence electrons. The normalized spacial score (nSPS) is 39.7. The number of ether oxygens (including phenoxy) is 3. The van der Waals surface area contributed by atoms with Crippen molar-refractivity contribution in [1.82, 2.24) is 39.0 Å². The van der Waals surface area contributed by atoms with E-state index in [9.17, 15) is 28.8 Å². The van der Waals surface area contributed by atoms with Gasteiger partial charge in [-0.05, 0) is 6.92 Å². The van der Waals surface area contributed by atoms with Gasteiger partial charge in [0.25, 0.3) is 5.56 Å². The lowest BCUT2D eigenvalue weighted by molar-refractivity contribution is -0.184. The number of H-pyrrole nitrogens is 1. The second-order valence-corrected chi connectivity index (χ2v) is 13.9. The zero-order chi connectivity index (χ0) is 32.2. The van der Waals surface area contributed by atoms with E-state index < -0.39 is 83.0 Å². The Hall–Kier alpha value is -3.24. The first-order valence-corrected chi connectivity index (χ1v) is 16.6. The van der Waals surface area contributed by atoms with Gasteiger partial charge < -0.3 is 39.8 Å². The number of phosphoric ester groups is 2. The van der Waals surface area contributed by atoms with Crippen molar-refractivity contribution in [3.05, 3.63) is 35.2 Å². The van der Waals surface area contributed by atoms with Gasteiger partial charge in [0.2, 0.25) is 0 Å². The summed E-state index contributed by atoms with van der Waals surface area (Å²) in [6, 6.07) is 0. The Bertz CT molecular complexity index is 2020. The van der Waals surface area contributed by atoms with Crippen molar-refractivity contribution in [2.45, 2.75) is 55.5 Å². The molecule has 22 nitrogen and oxygen atoms in total. The molecule has 6 N–H and O–H groups in total. The van der Waals surface area contributed by atoms with Gasteiger partial charge in [0, 0.05) is 0 Å². The molecule has 46 heavy (non-hydrogen) atoms. The minimum Gasteiger partial charge on any atom is -0.387 e. The van der Waals surface area contributed by atoms with Crippen molar-refractivity contribution in [3.8, 4) is 0 Å². The fraction of sp³-hybridized carbons (Fsp3) is 0.545. The minimum atomic E-state index is -5.08. The van der Waals surface area contributed by atoms with E-state index in [1.165, 1.54) is 35.0 Å². The first-order valence-electron chi connectivity index (χ1n) is 13.7. The molecule has 0 radical (unpaired) electrons. The summed E-state index contributed by atoms with van der Waals surface area (Å²) in [5.41, 5.74) is 4.05. The summed E-state index contributed by atoms with van der Waals surface area (Å²) in [4.78, 5) is 57.2. The van der Waals surface area contributed by atoms with Gasteiger partial charge in [0.1, 0.15) is 53.8 Å². The summed E-state index contributed by atoms with van der Waals surface area (Å²) in [6.07, 6.45) is -6.00. The van der Waals surface area contributed by atoms with Gasteiger partial charge in [0.05, 0.1) is 32.5 Å². The number of hydrogen-bond acceptors (Lipinski definition) is 17. The van der Waals surface area contributed by atoms with Crippen LogP contribution in [0.25, 0.3) is 22.3 Å². The molecule has 4 aromatic rings. The van der Waals surface area contributed by atoms with Crippen molar-refractivity contribution >= 4 is 43.8 Å². The molecule has 0 aromatic carbocycles. The van der Waals surface area contributed by atoms with Gasteiger partial charge in [-0.15, -0.1) is 0 Å². The molecule has 4 aliphatic heterocycles. The lowest BCUT2D eigenvalue weighted by atomic mass is 10.0. The standard InChI is InChI=1S/C22H25N9O13P2/c1-8-28-18-11(19(33)29-8)27-7-31(18)20-13-12(32)9(41-20)2-39-45(34,35)44-15-14-21(30-6-26-10-16(23)24-5-25-17(10)30)42-22(15,3-38-14)4-40-46(36,37)43-13/h5-7,9,12-15,20-21,32H,2-4H2,1H3,(H,34,35)(H,36,37)(H2,23,24,25)(H,28,29,33). The van der Waals surface area contributed by atoms with Crippen molar-refractivity contribution in [2.75, 3.05) is 25.6 Å². The number of anilines is 1. The van der Waals surface area contributed by atoms with Crippen molar-refractivity contribution in [2.24, 2.45) is 0 Å². The number of nitrogens with zero attached hydrogens (tertiary/aromatic N) is 7. The van der Waals surface area contributed by atoms with Crippen LogP contribution in [0.15, 0.2) is 23.8 Å². The number of aryl methyl sites for hydroxylation is 1. The van der Waals surface area contributed by atoms with E-state index in [4.69, 9.17) is 38.0 Å². The number of aromatic amines is 1. The number of hydrogen-bond donors (Lipinski definition) is 5. The maximum atomic E-state index is 13.4. The van der Waals surface area contributed by atoms with Gasteiger partial charge in [-0.25, -0.2) is 34.0 Å². The molecule has 4 saturated heterocycles. The van der Waals surface area contributed by atoms with E-state index >= 15 is 0 Å². The largest absolute Gasteiger partial charge is 0.472 e. The summed E-state index contributed by atoms with van der Waals surface area (Å²) >= 11 is 0. The second-order valence-electron chi connectivity index (χ2n) is 11.1. The van der Waals surface area contributed by atoms with Crippen LogP contribution < -0.4 is 11.3 Å². The lowest BCUT2D eigenvalue weighted by Crippen LogP contribution is -2.45. The SMILES string of the molecule is Cc1nc2c(ncn2C2OC3COP(=O)(O)OC4C5OCC4(COP(=O)(O)OC2C3O)OC5n2cnc3c(N)ncnc32)c(=O)[nH]1. The summed E-state index contributed by atoms with van der Waals surface area (Å²) in [5.74, 6) is 0.325. The molecular weight excluding hydrogens is 660 g/mol. The Kier molecular flexibility index (Phi) is 6.79. The Morgan fingerprint density at radius 2 is 1.72 bits per heavy atom. The molecule has 4 bridgehead atoms. The maximum Gasteiger partial charge on any atom is 0.472 e. The minimum absolute atomic E-state index is 0.0138. The zero-order valence-electron chi connectivity index (χ0n) is 23.4. The quantitative estimate of drug-likeness (QED) is 0.155. The predicted octanol–water partition coefficient (Wildman–Crippen LogP) is -1.21. The topological polar surface area (TPSA) is 293 Å². The maximum absolute atomic E-state index is 13.4. The molecule has 4 aliphatic rings. The van der Waals surface area contributed by atoms with Crippen LogP contribution in [0.5, 0.6) is 0 Å². The molecule has 0 spiro atoms. The van der Waals surface area contributed by atoms with E-state index in [0.29, 0.717) is 0 Å². The molecule has 4 aromatic heterocycles. The van der Waals surface area contributed by atoms with Crippen LogP contribution in [0, 0.1) is 6.92 Å². The van der Waals surface area contributed by atoms with E-state index in [2.05, 4.69) is 29.9 Å². The Morgan fingerprint density at radius 3 is 2.52 bits per heavy atom. The van der Waals surface area contributed by atoms with Crippen LogP contribution in [0.2, 0.25) is 0 Å². The third kappa shape index (κ3) is 4.73. The summed E-state index contributed by atoms with van der Waals surface area (Å²) < 4.78 is 69.0. The van der Waals surface area contributed by atoms with E-state index in [1.54, 1.807) is 0 Å². The van der Waals surface area contributed by atoms with Crippen LogP contribution in [0.4, 0.5) is 5.82 Å². The molecule has 24 heteroatoms. The highest BCUT2D eigenvalue weighted by Crippen LogP contribution is 2.58. The van der Waals surface area contributed by atoms with Gasteiger partial charge in [0.15, 0.2) is 35.1 Å². The monoisotopic (exact) mass is 685 g/mol. The average Bonchev–Trinajstić information content (AvgIpc) is 3.80. The Labute approximate surface area is 255 Å². The first-order chi connectivity index (χ1) is 21.8. The fourth-order valence-electron chi connectivity index (χ4n) is 6.06. The van der Waals surface area contributed by atoms with Crippen LogP contribution in [0.3, 0.4) is 0 Å². The zero-order valence-corrected chi connectivity index (χ0v) is 25.2. The van der Waals surface area contributed by atoms with Crippen molar-refractivity contribution < 1.29 is 56.3 Å². The van der Waals surface area contributed by atoms with E-state index in [1.807, 2.05) is 0 Å². The molecule has 0 aliphatic carbocycles. The fourth-order valence-corrected chi connectivity index (χ4v) is 8.04. The average molecular weight is 685 g/mol. The second kappa shape index (κ2) is 10.4. The van der Waals surface area contributed by atoms with Gasteiger partial charge in [-0.2, -0.15) is 0 Å². The molecular formula is C22H25N9O13P2. The number of rotatable bonds is 2. The molecule has 4 fully saturated rings. The van der Waals surface area contributed by atoms with Gasteiger partial charge in [-0.1, -0.05) is 0 Å². The van der Waals surface area contributed by atoms with Crippen LogP contribution in [-0.4, -0.2) is 110 Å². The number of fused-ring (bicyclic) bond motifs is 4. The summed E-state index contributed by atoms with van der Waals surface area (Å²) in [5, 5.41) is 11.1. The van der Waals surface area contributed by atoms with Crippen LogP contribution >= 0.6 is 15.6 Å². The van der Waals surface area contributed by atoms with Crippen LogP contribution in [-0.2, 0) is 41.4 Å². The molecule has 8 rings (SSSR count). The van der Waals surface area contributed by atoms with Gasteiger partial charge >= 0.3 is 15.6 Å². The highest BCUT2D eigenvalue weighted by molar-refractivity contribution is 7.47. The highest BCUT2D eigenvalue weighted by Gasteiger charge is 2.66. The van der Waals surface area contributed by atoms with E-state index in [0.717, 1.165) is 0 Å². The summed E-state index contributed by atoms with van der Waals surface area (Å²) in [6.45, 7) is -0.245. The Balaban J connectivity index is 1.14. The number of aliphatic hydroxyl groups excluding tert-OH is 1. The third-order valence-corrected chi connectivity index (χ3v) is 10.1. The van der Waals surface area contributed by atoms with E-state index in [-0.39, 0.29) is 40.6 Å². The molecule has 0 amide bonds. The number of phosphoric acid groups is 2. The van der Waals surface area contributed by atoms with Gasteiger partial charge in [-0.3, -0.25) is 32.0 Å². The summed E-state index contributed by atoms with van der Waals surface area (Å²) in [7, 11) is -10.1. The van der Waals surface area contributed by atoms with Crippen molar-refractivity contribution in [3.63, 3.8) is 0 Å². The number of nitrogens with one attached hydrogen (secondary N) is 1. The molecule has 0 saturated carbocycles. The highest BCUT2D eigenvalue weighted by atomic mass is 31.2. The lowest BCUT2D eigenvalue weighted by Gasteiger charge is -2.32. The third-order valence-electron chi connectivity index (χ3n) is 8.15. The molecule has 10 atom stereocenters. The first kappa shape index (κ1) is 30.1. The number of aromatic nitrogens is 8. The number of nitrogen functional groups attached to an aromatic ring is 1. The predicted molar refractivity (Wildman–Crippen MR) is 146 cm³/mol. The Morgan fingerprint density at radius 1 is 0.978 bits per heavy atom.